The highest BCUT2D eigenvalue weighted by molar-refractivity contribution is 9.10. The summed E-state index contributed by atoms with van der Waals surface area (Å²) in [5, 5.41) is 25.3. The number of sulfonamides is 2. The van der Waals surface area contributed by atoms with Crippen LogP contribution in [0.5, 0.6) is 23.0 Å². The van der Waals surface area contributed by atoms with Gasteiger partial charge in [0.2, 0.25) is 31.9 Å². The molecule has 512 valence electrons. The van der Waals surface area contributed by atoms with Gasteiger partial charge in [0, 0.05) is 33.2 Å². The van der Waals surface area contributed by atoms with E-state index in [9.17, 15) is 64.1 Å². The van der Waals surface area contributed by atoms with Crippen LogP contribution in [0.25, 0.3) is 0 Å². The highest BCUT2D eigenvalue weighted by atomic mass is 79.9. The summed E-state index contributed by atoms with van der Waals surface area (Å²) in [6.45, 7) is 2.71. The van der Waals surface area contributed by atoms with Gasteiger partial charge in [-0.25, -0.2) is 26.4 Å². The molecule has 0 saturated heterocycles. The van der Waals surface area contributed by atoms with Crippen molar-refractivity contribution in [1.29, 1.82) is 0 Å². The van der Waals surface area contributed by atoms with E-state index in [2.05, 4.69) is 61.4 Å². The third-order valence-corrected chi connectivity index (χ3v) is 20.7. The molecule has 0 radical (unpaired) electrons. The Labute approximate surface area is 556 Å². The molecule has 8 N–H and O–H groups in total. The number of methoxy groups -OCH3 is 2. The summed E-state index contributed by atoms with van der Waals surface area (Å²) in [6, 6.07) is 27.1. The Bertz CT molecular complexity index is 3910. The van der Waals surface area contributed by atoms with Crippen LogP contribution in [0, 0.1) is 0 Å². The molecule has 6 rings (SSSR count). The monoisotopic (exact) mass is 1520 g/mol. The Morgan fingerprint density at radius 2 is 0.915 bits per heavy atom. The maximum atomic E-state index is 15.4. The van der Waals surface area contributed by atoms with Crippen LogP contribution >= 0.6 is 47.1 Å². The maximum Gasteiger partial charge on any atom is 0.404 e. The number of unbranched alkanes of at least 4 members (excludes halogenated alkanes) is 2. The molecule has 2 amide bonds. The Morgan fingerprint density at radius 3 is 1.26 bits per heavy atom. The molecule has 0 aliphatic rings. The van der Waals surface area contributed by atoms with Gasteiger partial charge in [-0.1, -0.05) is 105 Å². The van der Waals surface area contributed by atoms with Gasteiger partial charge in [0.05, 0.1) is 50.4 Å². The van der Waals surface area contributed by atoms with Crippen molar-refractivity contribution in [3.63, 3.8) is 0 Å². The summed E-state index contributed by atoms with van der Waals surface area (Å²) in [5.41, 5.74) is -9.87. The van der Waals surface area contributed by atoms with Crippen molar-refractivity contribution in [2.45, 2.75) is 85.6 Å². The molecule has 0 aliphatic carbocycles. The molecular weight excluding hydrogens is 1460 g/mol. The molecule has 0 aliphatic heterocycles. The normalized spacial score (nSPS) is 12.7. The summed E-state index contributed by atoms with van der Waals surface area (Å²) in [4.78, 5) is 68.4. The fourth-order valence-corrected chi connectivity index (χ4v) is 14.8. The van der Waals surface area contributed by atoms with Gasteiger partial charge in [-0.05, 0) is 124 Å². The van der Waals surface area contributed by atoms with Gasteiger partial charge in [-0.3, -0.25) is 18.7 Å². The average Bonchev–Trinajstić information content (AvgIpc) is 0.797. The van der Waals surface area contributed by atoms with Gasteiger partial charge in [-0.15, -0.1) is 0 Å². The van der Waals surface area contributed by atoms with Crippen LogP contribution in [0.3, 0.4) is 0 Å². The molecule has 0 aromatic heterocycles. The van der Waals surface area contributed by atoms with Crippen molar-refractivity contribution in [1.82, 2.24) is 20.1 Å². The van der Waals surface area contributed by atoms with E-state index in [1.165, 1.54) is 118 Å². The maximum absolute atomic E-state index is 15.4. The number of alkyl halides is 4. The number of hydrogen-bond acceptors (Lipinski definition) is 18. The van der Waals surface area contributed by atoms with Crippen LogP contribution in [0.4, 0.5) is 17.6 Å². The molecule has 24 nitrogen and oxygen atoms in total. The Morgan fingerprint density at radius 1 is 0.543 bits per heavy atom. The molecular formula is C60H68Br2F4N4O20P2S2. The van der Waals surface area contributed by atoms with Crippen molar-refractivity contribution in [2.24, 2.45) is 0 Å². The van der Waals surface area contributed by atoms with Gasteiger partial charge in [0.25, 0.3) is 0 Å². The summed E-state index contributed by atoms with van der Waals surface area (Å²) < 4.78 is 171. The van der Waals surface area contributed by atoms with Crippen LogP contribution in [0.1, 0.15) is 82.5 Å². The lowest BCUT2D eigenvalue weighted by Crippen LogP contribution is -2.48. The number of carbonyl (C=O) groups is 4. The lowest BCUT2D eigenvalue weighted by molar-refractivity contribution is -0.123. The molecule has 2 unspecified atom stereocenters. The zero-order chi connectivity index (χ0) is 69.7. The first-order valence-corrected chi connectivity index (χ1v) is 36.0. The lowest BCUT2D eigenvalue weighted by Gasteiger charge is -2.27. The van der Waals surface area contributed by atoms with E-state index >= 15 is 8.78 Å². The molecule has 94 heavy (non-hydrogen) atoms. The standard InChI is InChI=1S/C32H38BrF2N2O10PS.C28H30BrF2N2O10PS/c1-4-46-48(41,47-5-2)32(34,35)24-17-16-22(20-25(24)33)21-26(37-49(42,43)23-12-7-6-8-13-23)30(39)36-18-9-10-19-45-28-15-11-14-27(38)29(28)31(40)44-3;1-42-27(36)25-23(34)10-7-11-24(25)43-15-6-5-14-32-26(35)22(33-45(40,41)19-8-3-2-4-9-19)17-18-12-13-20(21(29)16-18)28(30,31)44(37,38)39/h6-8,11-17,20,26,37-38H,4-5,9-10,18-19,21H2,1-3H3,(H,36,39);2-4,7-13,16,22,33-34H,5-6,14-15,17H2,1H3,(H,32,35)(H2,37,38,39). The number of halogens is 6. The molecule has 2 atom stereocenters. The first-order chi connectivity index (χ1) is 44.3. The zero-order valence-electron chi connectivity index (χ0n) is 50.6. The SMILES string of the molecule is CCOP(=O)(OCC)C(F)(F)c1ccc(CC(NS(=O)(=O)c2ccccc2)C(=O)NCCCCOc2cccc(O)c2C(=O)OC)cc1Br.COC(=O)c1c(O)cccc1OCCCCNC(=O)C(Cc1ccc(C(F)(F)P(=O)(O)O)c(Br)c1)NS(=O)(=O)c1ccccc1. The fourth-order valence-electron chi connectivity index (χ4n) is 8.64. The van der Waals surface area contributed by atoms with Gasteiger partial charge < -0.3 is 58.6 Å². The Kier molecular flexibility index (Phi) is 29.2. The van der Waals surface area contributed by atoms with Crippen LogP contribution in [-0.4, -0.2) is 126 Å². The molecule has 0 heterocycles. The van der Waals surface area contributed by atoms with Crippen molar-refractivity contribution >= 4 is 90.9 Å². The van der Waals surface area contributed by atoms with Crippen LogP contribution in [0.2, 0.25) is 0 Å². The number of rotatable bonds is 34. The Balaban J connectivity index is 0.000000342. The molecule has 0 spiro atoms. The third kappa shape index (κ3) is 21.1. The number of amides is 2. The average molecular weight is 1530 g/mol. The van der Waals surface area contributed by atoms with Gasteiger partial charge in [0.1, 0.15) is 46.2 Å². The van der Waals surface area contributed by atoms with Crippen LogP contribution in [0.15, 0.2) is 152 Å². The predicted molar refractivity (Wildman–Crippen MR) is 342 cm³/mol. The van der Waals surface area contributed by atoms with Crippen molar-refractivity contribution in [3.05, 3.63) is 176 Å². The predicted octanol–water partition coefficient (Wildman–Crippen LogP) is 10.2. The number of aromatic hydroxyl groups is 2. The quantitative estimate of drug-likeness (QED) is 0.00805. The van der Waals surface area contributed by atoms with Crippen molar-refractivity contribution in [2.75, 3.05) is 53.7 Å². The van der Waals surface area contributed by atoms with E-state index in [4.69, 9.17) is 28.3 Å². The van der Waals surface area contributed by atoms with Crippen molar-refractivity contribution in [3.8, 4) is 23.0 Å². The van der Waals surface area contributed by atoms with E-state index < -0.39 is 93.5 Å². The second-order valence-corrected chi connectivity index (χ2v) is 28.8. The summed E-state index contributed by atoms with van der Waals surface area (Å²) in [7, 11) is -16.8. The first-order valence-electron chi connectivity index (χ1n) is 28.3. The second kappa shape index (κ2) is 35.3. The number of nitrogens with one attached hydrogen (secondary N) is 4. The lowest BCUT2D eigenvalue weighted by atomic mass is 10.0. The molecule has 6 aromatic carbocycles. The van der Waals surface area contributed by atoms with Gasteiger partial charge in [0.15, 0.2) is 0 Å². The minimum Gasteiger partial charge on any atom is -0.507 e. The molecule has 0 fully saturated rings. The van der Waals surface area contributed by atoms with Crippen molar-refractivity contribution < 1.29 is 111 Å². The van der Waals surface area contributed by atoms with Gasteiger partial charge >= 0.3 is 38.5 Å². The second-order valence-electron chi connectivity index (χ2n) is 19.9. The van der Waals surface area contributed by atoms with E-state index in [0.717, 1.165) is 31.4 Å². The summed E-state index contributed by atoms with van der Waals surface area (Å²) >= 11 is 5.99. The zero-order valence-corrected chi connectivity index (χ0v) is 57.2. The van der Waals surface area contributed by atoms with E-state index in [0.29, 0.717) is 31.2 Å². The highest BCUT2D eigenvalue weighted by Crippen LogP contribution is 2.67. The number of carbonyl (C=O) groups excluding carboxylic acids is 4. The Hall–Kier alpha value is -6.80. The number of esters is 2. The van der Waals surface area contributed by atoms with Crippen LogP contribution < -0.4 is 29.6 Å². The summed E-state index contributed by atoms with van der Waals surface area (Å²) in [6.07, 6.45) is 1.04. The first kappa shape index (κ1) is 77.9. The number of phenolic OH excluding ortho intramolecular Hbond substituents is 2. The molecule has 34 heteroatoms. The number of phenols is 2. The molecule has 6 aromatic rings. The van der Waals surface area contributed by atoms with E-state index in [1.807, 2.05) is 0 Å². The highest BCUT2D eigenvalue weighted by Gasteiger charge is 2.56. The molecule has 0 bridgehead atoms. The van der Waals surface area contributed by atoms with E-state index in [1.54, 1.807) is 12.1 Å². The number of hydrogen-bond donors (Lipinski definition) is 8. The molecule has 0 saturated carbocycles. The van der Waals surface area contributed by atoms with Crippen LogP contribution in [-0.2, 0) is 81.5 Å². The van der Waals surface area contributed by atoms with Gasteiger partial charge in [-0.2, -0.15) is 27.0 Å². The minimum atomic E-state index is -5.85. The third-order valence-electron chi connectivity index (χ3n) is 13.3. The van der Waals surface area contributed by atoms with E-state index in [-0.39, 0.29) is 111 Å². The topological polar surface area (TPSA) is 355 Å². The number of ether oxygens (including phenoxy) is 4. The largest absolute Gasteiger partial charge is 0.507 e. The number of benzene rings is 6. The smallest absolute Gasteiger partial charge is 0.404 e. The summed E-state index contributed by atoms with van der Waals surface area (Å²) in [5.74, 6) is -3.33. The minimum absolute atomic E-state index is 0.0815. The fraction of sp³-hybridized carbons (Fsp3) is 0.333.